The predicted molar refractivity (Wildman–Crippen MR) is 99.3 cm³/mol. The van der Waals surface area contributed by atoms with Crippen LogP contribution in [-0.2, 0) is 21.8 Å². The molecule has 0 aliphatic carbocycles. The van der Waals surface area contributed by atoms with Crippen LogP contribution in [0.4, 0.5) is 0 Å². The number of hydrogen-bond acceptors (Lipinski definition) is 3. The van der Waals surface area contributed by atoms with Crippen LogP contribution in [0, 0.1) is 0 Å². The van der Waals surface area contributed by atoms with Crippen molar-refractivity contribution in [3.63, 3.8) is 0 Å². The summed E-state index contributed by atoms with van der Waals surface area (Å²) in [5.74, 6) is -0.884. The third-order valence-electron chi connectivity index (χ3n) is 4.29. The van der Waals surface area contributed by atoms with E-state index in [0.717, 1.165) is 15.6 Å². The first-order chi connectivity index (χ1) is 12.2. The van der Waals surface area contributed by atoms with Crippen molar-refractivity contribution in [2.75, 3.05) is 6.61 Å². The summed E-state index contributed by atoms with van der Waals surface area (Å²) in [7, 11) is 0. The minimum atomic E-state index is -0.884. The fourth-order valence-corrected chi connectivity index (χ4v) is 3.57. The van der Waals surface area contributed by atoms with Gasteiger partial charge in [-0.05, 0) is 18.2 Å². The van der Waals surface area contributed by atoms with E-state index in [1.165, 1.54) is 0 Å². The molecule has 0 saturated carbocycles. The summed E-state index contributed by atoms with van der Waals surface area (Å²) in [5, 5.41) is 0.685. The Kier molecular flexibility index (Phi) is 4.65. The normalized spacial score (nSPS) is 23.0. The molecule has 0 amide bonds. The van der Waals surface area contributed by atoms with Gasteiger partial charge < -0.3 is 14.0 Å². The van der Waals surface area contributed by atoms with Crippen LogP contribution in [0.1, 0.15) is 17.2 Å². The van der Waals surface area contributed by atoms with Gasteiger partial charge in [0.25, 0.3) is 0 Å². The molecule has 1 fully saturated rings. The second-order valence-corrected chi connectivity index (χ2v) is 7.26. The van der Waals surface area contributed by atoms with E-state index in [9.17, 15) is 0 Å². The Labute approximate surface area is 159 Å². The molecule has 2 unspecified atom stereocenters. The van der Waals surface area contributed by atoms with Gasteiger partial charge in [-0.25, -0.2) is 4.98 Å². The van der Waals surface area contributed by atoms with E-state index in [4.69, 9.17) is 21.1 Å². The Hall–Kier alpha value is -1.66. The quantitative estimate of drug-likeness (QED) is 0.601. The smallest absolute Gasteiger partial charge is 0.214 e. The molecule has 0 radical (unpaired) electrons. The standard InChI is InChI=1S/C19H16BrClN2O2/c20-15-7-5-14(6-8-15)19(12-23-10-9-22-13-23)24-11-18(25-19)16-3-1-2-4-17(16)21/h1-10,13,18H,11-12H2. The molecule has 2 heterocycles. The molecule has 25 heavy (non-hydrogen) atoms. The topological polar surface area (TPSA) is 36.3 Å². The van der Waals surface area contributed by atoms with E-state index in [1.807, 2.05) is 59.3 Å². The lowest BCUT2D eigenvalue weighted by Crippen LogP contribution is -2.32. The lowest BCUT2D eigenvalue weighted by Gasteiger charge is -2.29. The summed E-state index contributed by atoms with van der Waals surface area (Å²) < 4.78 is 15.6. The van der Waals surface area contributed by atoms with Crippen LogP contribution in [0.3, 0.4) is 0 Å². The minimum Gasteiger partial charge on any atom is -0.341 e. The molecule has 1 aromatic heterocycles. The number of imidazole rings is 1. The Balaban J connectivity index is 1.70. The molecular weight excluding hydrogens is 404 g/mol. The van der Waals surface area contributed by atoms with Gasteiger partial charge in [-0.3, -0.25) is 0 Å². The minimum absolute atomic E-state index is 0.221. The van der Waals surface area contributed by atoms with E-state index in [-0.39, 0.29) is 6.10 Å². The molecule has 128 valence electrons. The molecule has 4 rings (SSSR count). The number of ether oxygens (including phenoxy) is 2. The second-order valence-electron chi connectivity index (χ2n) is 5.93. The predicted octanol–water partition coefficient (Wildman–Crippen LogP) is 4.94. The maximum absolute atomic E-state index is 6.44. The first-order valence-electron chi connectivity index (χ1n) is 7.94. The first kappa shape index (κ1) is 16.8. The summed E-state index contributed by atoms with van der Waals surface area (Å²) in [4.78, 5) is 4.12. The van der Waals surface area contributed by atoms with Crippen molar-refractivity contribution in [3.8, 4) is 0 Å². The number of nitrogens with zero attached hydrogens (tertiary/aromatic N) is 2. The molecule has 1 aliphatic heterocycles. The molecule has 2 aromatic carbocycles. The zero-order valence-electron chi connectivity index (χ0n) is 13.3. The molecule has 0 bridgehead atoms. The average Bonchev–Trinajstić information content (AvgIpc) is 3.27. The van der Waals surface area contributed by atoms with Gasteiger partial charge in [-0.1, -0.05) is 57.9 Å². The highest BCUT2D eigenvalue weighted by Crippen LogP contribution is 2.43. The van der Waals surface area contributed by atoms with Gasteiger partial charge in [0.05, 0.1) is 19.5 Å². The van der Waals surface area contributed by atoms with E-state index in [1.54, 1.807) is 12.5 Å². The zero-order valence-corrected chi connectivity index (χ0v) is 15.7. The van der Waals surface area contributed by atoms with E-state index in [2.05, 4.69) is 20.9 Å². The molecular formula is C19H16BrClN2O2. The van der Waals surface area contributed by atoms with Crippen LogP contribution in [0.5, 0.6) is 0 Å². The fourth-order valence-electron chi connectivity index (χ4n) is 3.05. The summed E-state index contributed by atoms with van der Waals surface area (Å²) in [5.41, 5.74) is 1.90. The van der Waals surface area contributed by atoms with E-state index >= 15 is 0 Å². The molecule has 2 atom stereocenters. The highest BCUT2D eigenvalue weighted by Gasteiger charge is 2.44. The third-order valence-corrected chi connectivity index (χ3v) is 5.16. The number of rotatable bonds is 4. The van der Waals surface area contributed by atoms with Crippen LogP contribution in [0.2, 0.25) is 5.02 Å². The number of halogens is 2. The van der Waals surface area contributed by atoms with Crippen molar-refractivity contribution in [2.45, 2.75) is 18.4 Å². The SMILES string of the molecule is Clc1ccccc1C1COC(Cn2ccnc2)(c2ccc(Br)cc2)O1. The summed E-state index contributed by atoms with van der Waals surface area (Å²) >= 11 is 9.83. The van der Waals surface area contributed by atoms with Crippen LogP contribution < -0.4 is 0 Å². The highest BCUT2D eigenvalue weighted by molar-refractivity contribution is 9.10. The summed E-state index contributed by atoms with van der Waals surface area (Å²) in [6, 6.07) is 15.7. The van der Waals surface area contributed by atoms with Crippen molar-refractivity contribution in [1.82, 2.24) is 9.55 Å². The number of benzene rings is 2. The lowest BCUT2D eigenvalue weighted by molar-refractivity contribution is -0.187. The van der Waals surface area contributed by atoms with Crippen LogP contribution in [0.25, 0.3) is 0 Å². The van der Waals surface area contributed by atoms with Crippen molar-refractivity contribution < 1.29 is 9.47 Å². The molecule has 3 aromatic rings. The van der Waals surface area contributed by atoms with Crippen LogP contribution in [-0.4, -0.2) is 16.2 Å². The average molecular weight is 420 g/mol. The van der Waals surface area contributed by atoms with E-state index in [0.29, 0.717) is 18.2 Å². The van der Waals surface area contributed by atoms with Gasteiger partial charge >= 0.3 is 0 Å². The van der Waals surface area contributed by atoms with Crippen LogP contribution >= 0.6 is 27.5 Å². The highest BCUT2D eigenvalue weighted by atomic mass is 79.9. The zero-order chi connectivity index (χ0) is 17.3. The molecule has 4 nitrogen and oxygen atoms in total. The van der Waals surface area contributed by atoms with Crippen molar-refractivity contribution in [1.29, 1.82) is 0 Å². The lowest BCUT2D eigenvalue weighted by atomic mass is 10.1. The molecule has 0 spiro atoms. The van der Waals surface area contributed by atoms with Gasteiger partial charge in [-0.2, -0.15) is 0 Å². The molecule has 6 heteroatoms. The van der Waals surface area contributed by atoms with E-state index < -0.39 is 5.79 Å². The summed E-state index contributed by atoms with van der Waals surface area (Å²) in [6.07, 6.45) is 5.18. The largest absolute Gasteiger partial charge is 0.341 e. The van der Waals surface area contributed by atoms with Gasteiger partial charge in [0.1, 0.15) is 6.10 Å². The molecule has 1 aliphatic rings. The van der Waals surface area contributed by atoms with Gasteiger partial charge in [0.2, 0.25) is 5.79 Å². The van der Waals surface area contributed by atoms with Crippen LogP contribution in [0.15, 0.2) is 71.7 Å². The van der Waals surface area contributed by atoms with Gasteiger partial charge in [0.15, 0.2) is 0 Å². The number of aromatic nitrogens is 2. The first-order valence-corrected chi connectivity index (χ1v) is 9.11. The monoisotopic (exact) mass is 418 g/mol. The Morgan fingerprint density at radius 1 is 1.20 bits per heavy atom. The maximum Gasteiger partial charge on any atom is 0.214 e. The van der Waals surface area contributed by atoms with Gasteiger partial charge in [-0.15, -0.1) is 0 Å². The second kappa shape index (κ2) is 6.92. The summed E-state index contributed by atoms with van der Waals surface area (Å²) in [6.45, 7) is 0.948. The van der Waals surface area contributed by atoms with Gasteiger partial charge in [0, 0.05) is 33.0 Å². The fraction of sp³-hybridized carbons (Fsp3) is 0.211. The van der Waals surface area contributed by atoms with Crippen molar-refractivity contribution in [2.24, 2.45) is 0 Å². The maximum atomic E-state index is 6.44. The molecule has 1 saturated heterocycles. The van der Waals surface area contributed by atoms with Crippen molar-refractivity contribution in [3.05, 3.63) is 87.9 Å². The Morgan fingerprint density at radius 3 is 2.72 bits per heavy atom. The Morgan fingerprint density at radius 2 is 2.00 bits per heavy atom. The third kappa shape index (κ3) is 3.37. The number of hydrogen-bond donors (Lipinski definition) is 0. The molecule has 0 N–H and O–H groups in total. The Bertz CT molecular complexity index is 854. The van der Waals surface area contributed by atoms with Crippen molar-refractivity contribution >= 4 is 27.5 Å².